The van der Waals surface area contributed by atoms with Gasteiger partial charge in [-0.1, -0.05) is 0 Å². The van der Waals surface area contributed by atoms with Crippen molar-refractivity contribution in [1.29, 1.82) is 0 Å². The van der Waals surface area contributed by atoms with Crippen LogP contribution in [-0.4, -0.2) is 52.3 Å². The second-order valence-corrected chi connectivity index (χ2v) is 9.08. The first-order valence-electron chi connectivity index (χ1n) is 8.91. The zero-order valence-corrected chi connectivity index (χ0v) is 16.9. The van der Waals surface area contributed by atoms with E-state index in [0.29, 0.717) is 28.5 Å². The smallest absolute Gasteiger partial charge is 0.234 e. The second-order valence-electron chi connectivity index (χ2n) is 6.71. The zero-order valence-electron chi connectivity index (χ0n) is 16.1. The fourth-order valence-corrected chi connectivity index (χ4v) is 4.47. The molecular formula is C18H18FN7O3S. The number of methoxy groups -OCH3 is 1. The van der Waals surface area contributed by atoms with Gasteiger partial charge in [0.1, 0.15) is 23.2 Å². The Morgan fingerprint density at radius 2 is 2.07 bits per heavy atom. The summed E-state index contributed by atoms with van der Waals surface area (Å²) in [6.07, 6.45) is 2.74. The number of halogens is 1. The number of amidine groups is 1. The molecule has 3 N–H and O–H groups in total. The van der Waals surface area contributed by atoms with Crippen LogP contribution in [0, 0.1) is 5.82 Å². The molecule has 0 fully saturated rings. The lowest BCUT2D eigenvalue weighted by atomic mass is 10.1. The molecule has 12 heteroatoms. The Morgan fingerprint density at radius 1 is 1.27 bits per heavy atom. The Hall–Kier alpha value is -3.41. The Balaban J connectivity index is 1.71. The van der Waals surface area contributed by atoms with Crippen molar-refractivity contribution < 1.29 is 17.5 Å². The van der Waals surface area contributed by atoms with E-state index in [1.54, 1.807) is 0 Å². The van der Waals surface area contributed by atoms with Gasteiger partial charge in [-0.25, -0.2) is 27.8 Å². The van der Waals surface area contributed by atoms with Crippen molar-refractivity contribution in [2.45, 2.75) is 18.2 Å². The molecule has 0 radical (unpaired) electrons. The molecular weight excluding hydrogens is 413 g/mol. The van der Waals surface area contributed by atoms with E-state index in [-0.39, 0.29) is 17.2 Å². The molecule has 30 heavy (non-hydrogen) atoms. The SMILES string of the molecule is COc1cnc2c(Nc3ccc(F)c(C4CS(=O)(=O)C(C)C(N)=N4)c3)ncnc2n1. The predicted molar refractivity (Wildman–Crippen MR) is 109 cm³/mol. The lowest BCUT2D eigenvalue weighted by molar-refractivity contribution is 0.397. The molecule has 0 spiro atoms. The predicted octanol–water partition coefficient (Wildman–Crippen LogP) is 1.53. The molecule has 0 amide bonds. The van der Waals surface area contributed by atoms with E-state index >= 15 is 0 Å². The normalized spacial score (nSPS) is 20.6. The van der Waals surface area contributed by atoms with Crippen LogP contribution in [0.4, 0.5) is 15.9 Å². The number of aromatic nitrogens is 4. The van der Waals surface area contributed by atoms with E-state index in [4.69, 9.17) is 10.5 Å². The van der Waals surface area contributed by atoms with Gasteiger partial charge in [-0.3, -0.25) is 4.99 Å². The molecule has 4 rings (SSSR count). The Bertz CT molecular complexity index is 1270. The summed E-state index contributed by atoms with van der Waals surface area (Å²) >= 11 is 0. The van der Waals surface area contributed by atoms with E-state index < -0.39 is 26.9 Å². The summed E-state index contributed by atoms with van der Waals surface area (Å²) in [7, 11) is -2.06. The van der Waals surface area contributed by atoms with Crippen molar-refractivity contribution in [3.05, 3.63) is 42.1 Å². The van der Waals surface area contributed by atoms with E-state index in [2.05, 4.69) is 30.2 Å². The van der Waals surface area contributed by atoms with Crippen molar-refractivity contribution in [3.63, 3.8) is 0 Å². The first-order valence-corrected chi connectivity index (χ1v) is 10.6. The number of anilines is 2. The molecule has 1 aliphatic rings. The number of fused-ring (bicyclic) bond motifs is 1. The topological polar surface area (TPSA) is 145 Å². The van der Waals surface area contributed by atoms with Gasteiger partial charge in [0, 0.05) is 11.3 Å². The average molecular weight is 431 g/mol. The number of sulfone groups is 1. The summed E-state index contributed by atoms with van der Waals surface area (Å²) in [5.74, 6) is -0.282. The quantitative estimate of drug-likeness (QED) is 0.628. The van der Waals surface area contributed by atoms with E-state index in [0.717, 1.165) is 0 Å². The molecule has 0 saturated heterocycles. The van der Waals surface area contributed by atoms with Gasteiger partial charge in [-0.05, 0) is 25.1 Å². The zero-order chi connectivity index (χ0) is 21.5. The van der Waals surface area contributed by atoms with Crippen molar-refractivity contribution in [2.75, 3.05) is 18.2 Å². The van der Waals surface area contributed by atoms with Crippen LogP contribution in [0.1, 0.15) is 18.5 Å². The molecule has 10 nitrogen and oxygen atoms in total. The van der Waals surface area contributed by atoms with Gasteiger partial charge in [0.15, 0.2) is 26.8 Å². The molecule has 0 saturated carbocycles. The highest BCUT2D eigenvalue weighted by Crippen LogP contribution is 2.31. The van der Waals surface area contributed by atoms with Crippen molar-refractivity contribution >= 4 is 38.3 Å². The first kappa shape index (κ1) is 19.9. The van der Waals surface area contributed by atoms with Gasteiger partial charge in [0.05, 0.1) is 25.1 Å². The van der Waals surface area contributed by atoms with Crippen LogP contribution in [0.15, 0.2) is 35.7 Å². The maximum atomic E-state index is 14.5. The van der Waals surface area contributed by atoms with Gasteiger partial charge < -0.3 is 15.8 Å². The van der Waals surface area contributed by atoms with Crippen LogP contribution in [-0.2, 0) is 9.84 Å². The number of nitrogens with two attached hydrogens (primary N) is 1. The Kier molecular flexibility index (Phi) is 4.94. The number of aliphatic imine (C=N–C) groups is 1. The second kappa shape index (κ2) is 7.44. The number of hydrogen-bond acceptors (Lipinski definition) is 10. The molecule has 0 bridgehead atoms. The van der Waals surface area contributed by atoms with Crippen LogP contribution >= 0.6 is 0 Å². The highest BCUT2D eigenvalue weighted by atomic mass is 32.2. The minimum absolute atomic E-state index is 0.0324. The lowest BCUT2D eigenvalue weighted by Gasteiger charge is -2.24. The van der Waals surface area contributed by atoms with E-state index in [9.17, 15) is 12.8 Å². The van der Waals surface area contributed by atoms with Gasteiger partial charge in [-0.15, -0.1) is 0 Å². The molecule has 156 valence electrons. The van der Waals surface area contributed by atoms with Crippen LogP contribution in [0.5, 0.6) is 5.88 Å². The summed E-state index contributed by atoms with van der Waals surface area (Å²) < 4.78 is 44.2. The molecule has 1 aromatic carbocycles. The third-order valence-electron chi connectivity index (χ3n) is 4.80. The number of nitrogens with zero attached hydrogens (tertiary/aromatic N) is 5. The minimum atomic E-state index is -3.53. The van der Waals surface area contributed by atoms with Crippen LogP contribution in [0.25, 0.3) is 11.2 Å². The van der Waals surface area contributed by atoms with E-state index in [1.165, 1.54) is 44.8 Å². The summed E-state index contributed by atoms with van der Waals surface area (Å²) in [6.45, 7) is 1.47. The van der Waals surface area contributed by atoms with Gasteiger partial charge in [0.2, 0.25) is 5.88 Å². The van der Waals surface area contributed by atoms with Gasteiger partial charge in [-0.2, -0.15) is 4.98 Å². The van der Waals surface area contributed by atoms with Crippen molar-refractivity contribution in [2.24, 2.45) is 10.7 Å². The number of ether oxygens (including phenoxy) is 1. The molecule has 0 aliphatic carbocycles. The van der Waals surface area contributed by atoms with Crippen LogP contribution in [0.3, 0.4) is 0 Å². The summed E-state index contributed by atoms with van der Waals surface area (Å²) in [4.78, 5) is 20.9. The monoisotopic (exact) mass is 431 g/mol. The molecule has 3 heterocycles. The Labute approximate surface area is 171 Å². The molecule has 2 aromatic heterocycles. The third-order valence-corrected chi connectivity index (χ3v) is 6.90. The minimum Gasteiger partial charge on any atom is -0.480 e. The summed E-state index contributed by atoms with van der Waals surface area (Å²) in [5.41, 5.74) is 7.06. The van der Waals surface area contributed by atoms with E-state index in [1.807, 2.05) is 0 Å². The fourth-order valence-electron chi connectivity index (χ4n) is 3.06. The van der Waals surface area contributed by atoms with Crippen molar-refractivity contribution in [3.8, 4) is 5.88 Å². The molecule has 2 atom stereocenters. The Morgan fingerprint density at radius 3 is 2.80 bits per heavy atom. The standard InChI is InChI=1S/C18H18FN7O3S/c1-9-16(20)25-13(7-30(9,27)28)11-5-10(3-4-12(11)19)24-17-15-18(23-8-22-17)26-14(29-2)6-21-15/h3-6,8-9,13H,7H2,1-2H3,(H2,20,25)(H,22,23,24,26). The number of rotatable bonds is 4. The van der Waals surface area contributed by atoms with Crippen molar-refractivity contribution in [1.82, 2.24) is 19.9 Å². The highest BCUT2D eigenvalue weighted by molar-refractivity contribution is 7.92. The maximum Gasteiger partial charge on any atom is 0.234 e. The average Bonchev–Trinajstić information content (AvgIpc) is 2.72. The number of hydrogen-bond donors (Lipinski definition) is 2. The molecule has 1 aliphatic heterocycles. The van der Waals surface area contributed by atoms with Crippen LogP contribution in [0.2, 0.25) is 0 Å². The highest BCUT2D eigenvalue weighted by Gasteiger charge is 2.34. The number of benzene rings is 1. The van der Waals surface area contributed by atoms with Gasteiger partial charge >= 0.3 is 0 Å². The summed E-state index contributed by atoms with van der Waals surface area (Å²) in [5, 5.41) is 2.15. The largest absolute Gasteiger partial charge is 0.480 e. The molecule has 3 aromatic rings. The maximum absolute atomic E-state index is 14.5. The first-order chi connectivity index (χ1) is 14.3. The lowest BCUT2D eigenvalue weighted by Crippen LogP contribution is -2.40. The van der Waals surface area contributed by atoms with Crippen LogP contribution < -0.4 is 15.8 Å². The summed E-state index contributed by atoms with van der Waals surface area (Å²) in [6, 6.07) is 3.27. The third kappa shape index (κ3) is 3.61. The number of nitrogens with one attached hydrogen (secondary N) is 1. The van der Waals surface area contributed by atoms with Gasteiger partial charge in [0.25, 0.3) is 0 Å². The molecule has 2 unspecified atom stereocenters. The fraction of sp³-hybridized carbons (Fsp3) is 0.278.